The third-order valence-corrected chi connectivity index (χ3v) is 4.85. The second-order valence-corrected chi connectivity index (χ2v) is 9.00. The molecular weight excluding hydrogens is 625 g/mol. The largest absolute Gasteiger partial charge is 5.00 e. The van der Waals surface area contributed by atoms with Crippen LogP contribution < -0.4 is 39.5 Å². The summed E-state index contributed by atoms with van der Waals surface area (Å²) in [5, 5.41) is 31.1. The summed E-state index contributed by atoms with van der Waals surface area (Å²) in [5.74, 6) is -0.566. The van der Waals surface area contributed by atoms with Gasteiger partial charge in [-0.15, -0.1) is 10.2 Å². The van der Waals surface area contributed by atoms with Gasteiger partial charge >= 0.3 is 17.1 Å². The maximum Gasteiger partial charge on any atom is 5.00 e. The van der Waals surface area contributed by atoms with Crippen molar-refractivity contribution in [2.24, 2.45) is 9.98 Å². The number of aliphatic imine (C=N–C) groups is 2. The number of nitrogens with zero attached hydrogens (tertiary/aromatic N) is 2. The molecule has 2 rings (SSSR count). The Morgan fingerprint density at radius 3 is 1.33 bits per heavy atom. The van der Waals surface area contributed by atoms with Gasteiger partial charge in [0.15, 0.2) is 0 Å². The number of hydrogen-bond acceptors (Lipinski definition) is 10. The molecule has 0 aliphatic heterocycles. The minimum Gasteiger partial charge on any atom is -0.871 e. The van der Waals surface area contributed by atoms with Crippen molar-refractivity contribution in [1.29, 1.82) is 0 Å². The molecule has 16 heteroatoms. The zero-order valence-corrected chi connectivity index (χ0v) is 23.2. The van der Waals surface area contributed by atoms with E-state index in [2.05, 4.69) is 20.6 Å². The van der Waals surface area contributed by atoms with Crippen molar-refractivity contribution in [3.8, 4) is 11.5 Å². The first-order chi connectivity index (χ1) is 16.4. The van der Waals surface area contributed by atoms with Crippen LogP contribution in [-0.4, -0.2) is 51.7 Å². The van der Waals surface area contributed by atoms with Gasteiger partial charge in [0, 0.05) is 58.7 Å². The Hall–Kier alpha value is -0.891. The number of rotatable bonds is 11. The normalized spacial score (nSPS) is 11.4. The molecule has 0 amide bonds. The van der Waals surface area contributed by atoms with Gasteiger partial charge in [-0.2, -0.15) is 0 Å². The van der Waals surface area contributed by atoms with Crippen molar-refractivity contribution >= 4 is 58.8 Å². The van der Waals surface area contributed by atoms with Gasteiger partial charge in [0.25, 0.3) is 0 Å². The van der Waals surface area contributed by atoms with Crippen LogP contribution in [-0.2, 0) is 17.1 Å². The van der Waals surface area contributed by atoms with Gasteiger partial charge in [-0.25, -0.2) is 18.6 Å². The molecule has 197 valence electrons. The zero-order chi connectivity index (χ0) is 26.4. The summed E-state index contributed by atoms with van der Waals surface area (Å²) in [5.41, 5.74) is 0.748. The third kappa shape index (κ3) is 16.1. The van der Waals surface area contributed by atoms with Gasteiger partial charge in [0.2, 0.25) is 0 Å². The van der Waals surface area contributed by atoms with Gasteiger partial charge < -0.3 is 20.8 Å². The summed E-state index contributed by atoms with van der Waals surface area (Å²) in [6, 6.07) is 5.91. The van der Waals surface area contributed by atoms with Crippen LogP contribution >= 0.6 is 46.4 Å². The molecule has 2 aromatic carbocycles. The molecule has 1 radical (unpaired) electrons. The van der Waals surface area contributed by atoms with Crippen LogP contribution in [0.15, 0.2) is 34.3 Å². The molecule has 0 bridgehead atoms. The number of benzene rings is 2. The van der Waals surface area contributed by atoms with Crippen molar-refractivity contribution in [2.45, 2.75) is 0 Å². The van der Waals surface area contributed by atoms with Crippen LogP contribution in [0.2, 0.25) is 20.1 Å². The molecule has 0 saturated heterocycles. The Balaban J connectivity index is 0.00000185. The van der Waals surface area contributed by atoms with Gasteiger partial charge in [-0.05, 0) is 35.4 Å². The molecule has 0 unspecified atom stereocenters. The van der Waals surface area contributed by atoms with Crippen molar-refractivity contribution in [1.82, 2.24) is 10.6 Å². The van der Waals surface area contributed by atoms with E-state index in [4.69, 9.17) is 65.0 Å². The van der Waals surface area contributed by atoms with E-state index in [1.54, 1.807) is 0 Å². The fourth-order valence-corrected chi connectivity index (χ4v) is 3.41. The predicted molar refractivity (Wildman–Crippen MR) is 122 cm³/mol. The molecule has 0 saturated carbocycles. The molecule has 0 aliphatic rings. The molecule has 0 spiro atoms. The quantitative estimate of drug-likeness (QED) is 0.166. The second kappa shape index (κ2) is 18.4. The molecule has 10 nitrogen and oxygen atoms in total. The van der Waals surface area contributed by atoms with Gasteiger partial charge in [-0.1, -0.05) is 57.9 Å². The number of nitrogens with one attached hydrogen (secondary N) is 2. The van der Waals surface area contributed by atoms with Crippen molar-refractivity contribution in [2.75, 3.05) is 39.3 Å². The van der Waals surface area contributed by atoms with E-state index >= 15 is 0 Å². The number of hydrogen-bond donors (Lipinski definition) is 2. The van der Waals surface area contributed by atoms with Crippen LogP contribution in [0.1, 0.15) is 11.1 Å². The second-order valence-electron chi connectivity index (χ2n) is 6.56. The van der Waals surface area contributed by atoms with Crippen molar-refractivity contribution in [3.05, 3.63) is 55.5 Å². The van der Waals surface area contributed by atoms with E-state index in [0.29, 0.717) is 47.4 Å². The Morgan fingerprint density at radius 2 is 1.00 bits per heavy atom. The molecular formula is C20H20Cl5FeN4O6+2. The fourth-order valence-electron chi connectivity index (χ4n) is 2.39. The van der Waals surface area contributed by atoms with Gasteiger partial charge in [0.1, 0.15) is 0 Å². The Labute approximate surface area is 240 Å². The fraction of sp³-hybridized carbons (Fsp3) is 0.300. The molecule has 0 fully saturated rings. The minimum atomic E-state index is -4.94. The number of halogens is 5. The smallest absolute Gasteiger partial charge is 0.871 e. The summed E-state index contributed by atoms with van der Waals surface area (Å²) in [6.07, 6.45) is 2.97. The topological polar surface area (TPSA) is 187 Å². The molecule has 2 N–H and O–H groups in total. The first-order valence-corrected chi connectivity index (χ1v) is 12.5. The van der Waals surface area contributed by atoms with E-state index in [1.165, 1.54) is 36.7 Å². The minimum absolute atomic E-state index is 0. The van der Waals surface area contributed by atoms with Crippen LogP contribution in [0.3, 0.4) is 0 Å². The van der Waals surface area contributed by atoms with E-state index in [-0.39, 0.29) is 38.6 Å². The van der Waals surface area contributed by atoms with E-state index in [9.17, 15) is 10.2 Å². The predicted octanol–water partition coefficient (Wildman–Crippen LogP) is -1.59. The zero-order valence-electron chi connectivity index (χ0n) is 18.3. The van der Waals surface area contributed by atoms with E-state index in [1.807, 2.05) is 0 Å². The third-order valence-electron chi connectivity index (χ3n) is 3.85. The maximum atomic E-state index is 11.8. The Bertz CT molecular complexity index is 932. The summed E-state index contributed by atoms with van der Waals surface area (Å²) in [4.78, 5) is 8.41. The first-order valence-electron chi connectivity index (χ1n) is 9.73. The van der Waals surface area contributed by atoms with Crippen LogP contribution in [0.5, 0.6) is 11.5 Å². The SMILES string of the molecule is [Fe+5].[O-][Cl+3]([O-])([O-])[O-].[O-]c1c(Cl)cc(Cl)cc1C=NCCNCCNCCN=Cc1cc(Cl)cc(Cl)c1[O-]. The molecule has 0 aromatic heterocycles. The summed E-state index contributed by atoms with van der Waals surface area (Å²) in [6.45, 7) is 3.88. The van der Waals surface area contributed by atoms with Crippen LogP contribution in [0, 0.1) is 10.2 Å². The van der Waals surface area contributed by atoms with Crippen LogP contribution in [0.4, 0.5) is 0 Å². The summed E-state index contributed by atoms with van der Waals surface area (Å²) < 4.78 is 34.0. The molecule has 2 aromatic rings. The van der Waals surface area contributed by atoms with E-state index < -0.39 is 10.2 Å². The van der Waals surface area contributed by atoms with Gasteiger partial charge in [0.05, 0.1) is 13.1 Å². The molecule has 0 aliphatic carbocycles. The van der Waals surface area contributed by atoms with Crippen LogP contribution in [0.25, 0.3) is 0 Å². The van der Waals surface area contributed by atoms with Crippen molar-refractivity contribution in [3.63, 3.8) is 0 Å². The maximum absolute atomic E-state index is 11.8. The molecule has 0 atom stereocenters. The monoisotopic (exact) mass is 643 g/mol. The average Bonchev–Trinajstić information content (AvgIpc) is 2.74. The average molecular weight is 646 g/mol. The summed E-state index contributed by atoms with van der Waals surface area (Å²) in [7, 11) is -4.94. The summed E-state index contributed by atoms with van der Waals surface area (Å²) >= 11 is 23.4. The molecule has 0 heterocycles. The van der Waals surface area contributed by atoms with Crippen molar-refractivity contribution < 1.29 is 56.2 Å². The first kappa shape index (κ1) is 35.1. The molecule has 36 heavy (non-hydrogen) atoms. The standard InChI is InChI=1S/C20H22Cl4N4O2.ClHO4.Fe/c21-15-7-13(19(29)17(23)9-15)11-27-5-3-25-1-2-26-4-6-28-12-14-8-16(22)10-18(24)20(14)30;2-1(3,4)5;/h7-12,25-26,29-30H,1-6H2;(H,2,3,4,5);/q;;+5/p-3. The van der Waals surface area contributed by atoms with Gasteiger partial charge in [-0.3, -0.25) is 9.98 Å². The van der Waals surface area contributed by atoms with E-state index in [0.717, 1.165) is 13.1 Å². The Kier molecular flexibility index (Phi) is 17.9. The Morgan fingerprint density at radius 1 is 0.667 bits per heavy atom.